The van der Waals surface area contributed by atoms with Gasteiger partial charge in [0, 0.05) is 12.8 Å². The minimum absolute atomic E-state index is 0. The van der Waals surface area contributed by atoms with E-state index < -0.39 is 24.0 Å². The Morgan fingerprint density at radius 2 is 1.68 bits per heavy atom. The minimum Gasteiger partial charge on any atom is -0.544 e. The summed E-state index contributed by atoms with van der Waals surface area (Å²) in [4.78, 5) is 23.4. The van der Waals surface area contributed by atoms with E-state index in [4.69, 9.17) is 0 Å². The molecule has 140 valence electrons. The summed E-state index contributed by atoms with van der Waals surface area (Å²) in [6, 6.07) is -1.92. The monoisotopic (exact) mass is 366 g/mol. The average Bonchev–Trinajstić information content (AvgIpc) is 2.51. The molecule has 0 aromatic heterocycles. The fraction of sp³-hybridized carbons (Fsp3) is 0.778. The van der Waals surface area contributed by atoms with E-state index in [0.29, 0.717) is 0 Å². The standard InChI is InChI=1S/C18H33NO5.Na/c1-4-7-8-9-10-11-12-19(13-14-20,15(5-2)17(21)22)16(6-3)18(23)24;/h11-12,15-16,20H,4-10,13-14H2,1-3H3,(H-,21,22,23,24);/q;+1/b12-11+;. The summed E-state index contributed by atoms with van der Waals surface area (Å²) in [6.45, 7) is 5.31. The molecule has 7 heteroatoms. The maximum atomic E-state index is 11.7. The van der Waals surface area contributed by atoms with E-state index in [1.54, 1.807) is 20.0 Å². The maximum Gasteiger partial charge on any atom is 1.00 e. The van der Waals surface area contributed by atoms with Gasteiger partial charge in [-0.2, -0.15) is 0 Å². The van der Waals surface area contributed by atoms with E-state index in [0.717, 1.165) is 32.1 Å². The van der Waals surface area contributed by atoms with Gasteiger partial charge in [0.2, 0.25) is 0 Å². The van der Waals surface area contributed by atoms with Gasteiger partial charge in [0.25, 0.3) is 0 Å². The number of hydrogen-bond acceptors (Lipinski definition) is 4. The van der Waals surface area contributed by atoms with Gasteiger partial charge in [-0.15, -0.1) is 0 Å². The molecule has 0 fully saturated rings. The fourth-order valence-electron chi connectivity index (χ4n) is 3.37. The van der Waals surface area contributed by atoms with E-state index in [1.165, 1.54) is 0 Å². The quantitative estimate of drug-likeness (QED) is 0.226. The van der Waals surface area contributed by atoms with Crippen LogP contribution >= 0.6 is 0 Å². The van der Waals surface area contributed by atoms with Gasteiger partial charge < -0.3 is 20.1 Å². The number of unbranched alkanes of at least 4 members (excludes halogenated alkanes) is 4. The van der Waals surface area contributed by atoms with Crippen molar-refractivity contribution in [3.8, 4) is 0 Å². The first kappa shape index (κ1) is 26.8. The molecule has 0 aliphatic heterocycles. The predicted molar refractivity (Wildman–Crippen MR) is 90.9 cm³/mol. The van der Waals surface area contributed by atoms with E-state index in [2.05, 4.69) is 6.92 Å². The van der Waals surface area contributed by atoms with E-state index in [-0.39, 0.29) is 60.0 Å². The van der Waals surface area contributed by atoms with E-state index in [9.17, 15) is 24.9 Å². The van der Waals surface area contributed by atoms with Crippen LogP contribution in [0.4, 0.5) is 0 Å². The Hall–Kier alpha value is -0.400. The Morgan fingerprint density at radius 3 is 2.08 bits per heavy atom. The molecule has 0 aliphatic rings. The molecule has 3 unspecified atom stereocenters. The molecule has 25 heavy (non-hydrogen) atoms. The Kier molecular flexibility index (Phi) is 15.8. The molecule has 0 amide bonds. The number of aliphatic hydroxyl groups is 1. The maximum absolute atomic E-state index is 11.7. The Labute approximate surface area is 173 Å². The summed E-state index contributed by atoms with van der Waals surface area (Å²) >= 11 is 0. The molecule has 0 aromatic carbocycles. The third-order valence-electron chi connectivity index (χ3n) is 4.59. The van der Waals surface area contributed by atoms with Gasteiger partial charge in [-0.3, -0.25) is 4.48 Å². The van der Waals surface area contributed by atoms with Crippen molar-refractivity contribution in [3.63, 3.8) is 0 Å². The van der Waals surface area contributed by atoms with Crippen molar-refractivity contribution in [1.29, 1.82) is 0 Å². The molecule has 0 spiro atoms. The molecular formula is C18H33NNaO5+. The van der Waals surface area contributed by atoms with Gasteiger partial charge in [-0.05, 0) is 18.9 Å². The molecule has 0 aliphatic carbocycles. The SMILES string of the molecule is CCCCCC/C=C/[N+](CCO)(C(CC)C(=O)[O-])C(CC)C(=O)O.[Na+]. The van der Waals surface area contributed by atoms with Crippen molar-refractivity contribution in [3.05, 3.63) is 12.3 Å². The molecule has 0 radical (unpaired) electrons. The van der Waals surface area contributed by atoms with Gasteiger partial charge in [0.05, 0.1) is 18.8 Å². The first-order chi connectivity index (χ1) is 11.4. The fourth-order valence-corrected chi connectivity index (χ4v) is 3.37. The molecule has 3 atom stereocenters. The molecule has 0 heterocycles. The Morgan fingerprint density at radius 1 is 1.08 bits per heavy atom. The summed E-state index contributed by atoms with van der Waals surface area (Å²) in [5.41, 5.74) is 0. The number of aliphatic hydroxyl groups excluding tert-OH is 1. The van der Waals surface area contributed by atoms with Crippen molar-refractivity contribution in [2.75, 3.05) is 13.2 Å². The van der Waals surface area contributed by atoms with Crippen molar-refractivity contribution in [2.24, 2.45) is 0 Å². The van der Waals surface area contributed by atoms with Crippen LogP contribution in [-0.4, -0.2) is 51.9 Å². The first-order valence-corrected chi connectivity index (χ1v) is 9.00. The second-order valence-electron chi connectivity index (χ2n) is 6.18. The summed E-state index contributed by atoms with van der Waals surface area (Å²) in [5.74, 6) is -2.33. The van der Waals surface area contributed by atoms with Crippen LogP contribution in [0.15, 0.2) is 12.3 Å². The zero-order chi connectivity index (χ0) is 18.6. The van der Waals surface area contributed by atoms with Crippen LogP contribution in [-0.2, 0) is 9.59 Å². The summed E-state index contributed by atoms with van der Waals surface area (Å²) < 4.78 is -0.297. The van der Waals surface area contributed by atoms with Gasteiger partial charge in [-0.1, -0.05) is 40.0 Å². The van der Waals surface area contributed by atoms with Crippen LogP contribution in [0.2, 0.25) is 0 Å². The van der Waals surface area contributed by atoms with Crippen LogP contribution in [0, 0.1) is 0 Å². The minimum atomic E-state index is -1.28. The van der Waals surface area contributed by atoms with Crippen molar-refractivity contribution in [1.82, 2.24) is 0 Å². The third-order valence-corrected chi connectivity index (χ3v) is 4.59. The van der Waals surface area contributed by atoms with E-state index >= 15 is 0 Å². The number of hydrogen-bond donors (Lipinski definition) is 2. The average molecular weight is 366 g/mol. The first-order valence-electron chi connectivity index (χ1n) is 9.00. The van der Waals surface area contributed by atoms with Crippen molar-refractivity contribution < 1.29 is 58.9 Å². The Balaban J connectivity index is 0. The smallest absolute Gasteiger partial charge is 0.544 e. The number of carboxylic acids is 2. The zero-order valence-electron chi connectivity index (χ0n) is 16.2. The van der Waals surface area contributed by atoms with Crippen LogP contribution in [0.3, 0.4) is 0 Å². The van der Waals surface area contributed by atoms with Gasteiger partial charge in [-0.25, -0.2) is 4.79 Å². The van der Waals surface area contributed by atoms with Crippen molar-refractivity contribution in [2.45, 2.75) is 77.8 Å². The normalized spacial score (nSPS) is 16.0. The van der Waals surface area contributed by atoms with Crippen LogP contribution in [0.5, 0.6) is 0 Å². The summed E-state index contributed by atoms with van der Waals surface area (Å²) in [7, 11) is 0. The van der Waals surface area contributed by atoms with Crippen LogP contribution in [0.25, 0.3) is 0 Å². The van der Waals surface area contributed by atoms with Gasteiger partial charge >= 0.3 is 35.5 Å². The number of carbonyl (C=O) groups is 2. The number of quaternary nitrogens is 1. The third kappa shape index (κ3) is 8.22. The molecule has 0 bridgehead atoms. The topological polar surface area (TPSA) is 97.7 Å². The summed E-state index contributed by atoms with van der Waals surface area (Å²) in [6.07, 6.45) is 9.18. The molecule has 2 N–H and O–H groups in total. The number of carbonyl (C=O) groups excluding carboxylic acids is 1. The van der Waals surface area contributed by atoms with Gasteiger partial charge in [0.15, 0.2) is 6.04 Å². The molecule has 0 rings (SSSR count). The molecule has 0 aromatic rings. The predicted octanol–water partition coefficient (Wildman–Crippen LogP) is -1.32. The number of nitrogens with zero attached hydrogens (tertiary/aromatic N) is 1. The van der Waals surface area contributed by atoms with Crippen molar-refractivity contribution >= 4 is 11.9 Å². The number of aliphatic carboxylic acids is 2. The second kappa shape index (κ2) is 14.7. The van der Waals surface area contributed by atoms with Crippen LogP contribution < -0.4 is 34.7 Å². The largest absolute Gasteiger partial charge is 1.00 e. The molecule has 6 nitrogen and oxygen atoms in total. The zero-order valence-corrected chi connectivity index (χ0v) is 18.2. The van der Waals surface area contributed by atoms with Gasteiger partial charge in [0.1, 0.15) is 12.6 Å². The molecular weight excluding hydrogens is 333 g/mol. The second-order valence-corrected chi connectivity index (χ2v) is 6.18. The molecule has 0 saturated heterocycles. The summed E-state index contributed by atoms with van der Waals surface area (Å²) in [5, 5.41) is 30.7. The number of rotatable bonds is 14. The molecule has 0 saturated carbocycles. The number of allylic oxidation sites excluding steroid dienone is 1. The Bertz CT molecular complexity index is 392. The number of carboxylic acid groups (broad SMARTS) is 2. The van der Waals surface area contributed by atoms with E-state index in [1.807, 2.05) is 6.08 Å². The van der Waals surface area contributed by atoms with Crippen LogP contribution in [0.1, 0.15) is 65.7 Å².